The Balaban J connectivity index is 1.73. The van der Waals surface area contributed by atoms with Crippen LogP contribution in [0.2, 0.25) is 0 Å². The molecule has 0 aromatic heterocycles. The largest absolute Gasteiger partial charge is 0.495 e. The highest BCUT2D eigenvalue weighted by atomic mass is 16.5. The third kappa shape index (κ3) is 5.68. The minimum atomic E-state index is -0.398. The van der Waals surface area contributed by atoms with Gasteiger partial charge >= 0.3 is 0 Å². The summed E-state index contributed by atoms with van der Waals surface area (Å²) in [4.78, 5) is 4.65. The second-order valence-corrected chi connectivity index (χ2v) is 6.04. The fourth-order valence-corrected chi connectivity index (χ4v) is 2.88. The molecule has 0 bridgehead atoms. The number of para-hydroxylation sites is 2. The summed E-state index contributed by atoms with van der Waals surface area (Å²) in [6.45, 7) is 7.80. The van der Waals surface area contributed by atoms with Gasteiger partial charge in [-0.05, 0) is 18.6 Å². The van der Waals surface area contributed by atoms with Crippen molar-refractivity contribution >= 4 is 5.69 Å². The fraction of sp³-hybridized carbons (Fsp3) is 0.667. The molecule has 0 radical (unpaired) electrons. The van der Waals surface area contributed by atoms with Gasteiger partial charge in [-0.3, -0.25) is 4.90 Å². The first kappa shape index (κ1) is 18.0. The molecule has 1 saturated heterocycles. The molecule has 1 atom stereocenters. The van der Waals surface area contributed by atoms with Crippen molar-refractivity contribution in [3.63, 3.8) is 0 Å². The van der Waals surface area contributed by atoms with Crippen LogP contribution >= 0.6 is 0 Å². The topological polar surface area (TPSA) is 45.2 Å². The van der Waals surface area contributed by atoms with Gasteiger partial charge in [0, 0.05) is 39.3 Å². The van der Waals surface area contributed by atoms with Crippen LogP contribution in [0.1, 0.15) is 19.8 Å². The van der Waals surface area contributed by atoms with Crippen LogP contribution in [0.25, 0.3) is 0 Å². The number of nitrogens with zero attached hydrogens (tertiary/aromatic N) is 2. The van der Waals surface area contributed by atoms with E-state index in [9.17, 15) is 5.11 Å². The zero-order valence-electron chi connectivity index (χ0n) is 14.4. The average molecular weight is 322 g/mol. The Morgan fingerprint density at radius 1 is 1.17 bits per heavy atom. The van der Waals surface area contributed by atoms with Crippen LogP contribution in [-0.2, 0) is 4.74 Å². The number of methoxy groups -OCH3 is 1. The van der Waals surface area contributed by atoms with Crippen molar-refractivity contribution < 1.29 is 14.6 Å². The quantitative estimate of drug-likeness (QED) is 0.705. The van der Waals surface area contributed by atoms with Crippen molar-refractivity contribution in [3.8, 4) is 5.75 Å². The molecule has 0 saturated carbocycles. The molecular weight excluding hydrogens is 292 g/mol. The SMILES string of the molecule is CCCCOCC(O)CN1CCN(c2ccccc2OC)CC1. The number of aliphatic hydroxyl groups excluding tert-OH is 1. The van der Waals surface area contributed by atoms with Crippen molar-refractivity contribution in [2.75, 3.05) is 57.9 Å². The Kier molecular flexibility index (Phi) is 7.65. The monoisotopic (exact) mass is 322 g/mol. The van der Waals surface area contributed by atoms with Crippen molar-refractivity contribution in [2.45, 2.75) is 25.9 Å². The summed E-state index contributed by atoms with van der Waals surface area (Å²) in [5.74, 6) is 0.922. The Labute approximate surface area is 139 Å². The lowest BCUT2D eigenvalue weighted by atomic mass is 10.2. The summed E-state index contributed by atoms with van der Waals surface area (Å²) < 4.78 is 10.9. The predicted octanol–water partition coefficient (Wildman–Crippen LogP) is 1.99. The van der Waals surface area contributed by atoms with Gasteiger partial charge in [0.1, 0.15) is 5.75 Å². The van der Waals surface area contributed by atoms with Crippen molar-refractivity contribution in [1.82, 2.24) is 4.90 Å². The smallest absolute Gasteiger partial charge is 0.142 e. The van der Waals surface area contributed by atoms with Gasteiger partial charge in [0.05, 0.1) is 25.5 Å². The van der Waals surface area contributed by atoms with E-state index in [2.05, 4.69) is 22.8 Å². The van der Waals surface area contributed by atoms with Crippen molar-refractivity contribution in [1.29, 1.82) is 0 Å². The van der Waals surface area contributed by atoms with E-state index >= 15 is 0 Å². The number of hydrogen-bond donors (Lipinski definition) is 1. The third-order valence-corrected chi connectivity index (χ3v) is 4.22. The van der Waals surface area contributed by atoms with Crippen LogP contribution in [0.5, 0.6) is 5.75 Å². The molecule has 5 nitrogen and oxygen atoms in total. The minimum absolute atomic E-state index is 0.398. The molecule has 1 N–H and O–H groups in total. The van der Waals surface area contributed by atoms with Crippen LogP contribution < -0.4 is 9.64 Å². The Morgan fingerprint density at radius 2 is 1.91 bits per heavy atom. The molecule has 130 valence electrons. The van der Waals surface area contributed by atoms with E-state index in [1.807, 2.05) is 18.2 Å². The van der Waals surface area contributed by atoms with Crippen LogP contribution in [-0.4, -0.2) is 69.2 Å². The summed E-state index contributed by atoms with van der Waals surface area (Å²) in [5.41, 5.74) is 1.15. The number of ether oxygens (including phenoxy) is 2. The van der Waals surface area contributed by atoms with E-state index in [0.717, 1.165) is 57.1 Å². The van der Waals surface area contributed by atoms with Gasteiger partial charge in [0.15, 0.2) is 0 Å². The van der Waals surface area contributed by atoms with Gasteiger partial charge in [-0.15, -0.1) is 0 Å². The number of β-amino-alcohol motifs (C(OH)–C–C–N with tert-alkyl or cyclic N) is 1. The molecule has 2 rings (SSSR count). The zero-order chi connectivity index (χ0) is 16.5. The first-order valence-electron chi connectivity index (χ1n) is 8.60. The standard InChI is InChI=1S/C18H30N2O3/c1-3-4-13-23-15-16(21)14-19-9-11-20(12-10-19)17-7-5-6-8-18(17)22-2/h5-8,16,21H,3-4,9-15H2,1-2H3. The molecule has 1 unspecified atom stereocenters. The zero-order valence-corrected chi connectivity index (χ0v) is 14.4. The molecule has 1 aromatic rings. The molecule has 0 aliphatic carbocycles. The van der Waals surface area contributed by atoms with Crippen molar-refractivity contribution in [3.05, 3.63) is 24.3 Å². The van der Waals surface area contributed by atoms with Gasteiger partial charge in [-0.1, -0.05) is 25.5 Å². The highest BCUT2D eigenvalue weighted by molar-refractivity contribution is 5.58. The maximum atomic E-state index is 10.1. The van der Waals surface area contributed by atoms with E-state index < -0.39 is 6.10 Å². The first-order chi connectivity index (χ1) is 11.2. The van der Waals surface area contributed by atoms with Gasteiger partial charge in [-0.25, -0.2) is 0 Å². The van der Waals surface area contributed by atoms with E-state index in [4.69, 9.17) is 9.47 Å². The molecule has 0 amide bonds. The molecule has 1 aromatic carbocycles. The molecule has 1 aliphatic heterocycles. The lowest BCUT2D eigenvalue weighted by Gasteiger charge is -2.37. The maximum Gasteiger partial charge on any atom is 0.142 e. The highest BCUT2D eigenvalue weighted by Crippen LogP contribution is 2.28. The predicted molar refractivity (Wildman–Crippen MR) is 93.4 cm³/mol. The Bertz CT molecular complexity index is 448. The fourth-order valence-electron chi connectivity index (χ4n) is 2.88. The lowest BCUT2D eigenvalue weighted by molar-refractivity contribution is 0.0150. The summed E-state index contributed by atoms with van der Waals surface area (Å²) in [6, 6.07) is 8.14. The van der Waals surface area contributed by atoms with Crippen LogP contribution in [0, 0.1) is 0 Å². The van der Waals surface area contributed by atoms with E-state index in [1.54, 1.807) is 7.11 Å². The minimum Gasteiger partial charge on any atom is -0.495 e. The van der Waals surface area contributed by atoms with Gasteiger partial charge in [-0.2, -0.15) is 0 Å². The molecule has 5 heteroatoms. The molecule has 23 heavy (non-hydrogen) atoms. The van der Waals surface area contributed by atoms with Crippen LogP contribution in [0.4, 0.5) is 5.69 Å². The number of aliphatic hydroxyl groups is 1. The van der Waals surface area contributed by atoms with Gasteiger partial charge < -0.3 is 19.5 Å². The normalized spacial score (nSPS) is 17.3. The number of anilines is 1. The maximum absolute atomic E-state index is 10.1. The average Bonchev–Trinajstić information content (AvgIpc) is 2.59. The third-order valence-electron chi connectivity index (χ3n) is 4.22. The number of rotatable bonds is 9. The lowest BCUT2D eigenvalue weighted by Crippen LogP contribution is -2.49. The van der Waals surface area contributed by atoms with Crippen LogP contribution in [0.15, 0.2) is 24.3 Å². The molecule has 1 heterocycles. The Hall–Kier alpha value is -1.30. The van der Waals surface area contributed by atoms with E-state index in [0.29, 0.717) is 13.2 Å². The molecular formula is C18H30N2O3. The van der Waals surface area contributed by atoms with Gasteiger partial charge in [0.2, 0.25) is 0 Å². The van der Waals surface area contributed by atoms with Gasteiger partial charge in [0.25, 0.3) is 0 Å². The van der Waals surface area contributed by atoms with Crippen LogP contribution in [0.3, 0.4) is 0 Å². The Morgan fingerprint density at radius 3 is 2.61 bits per heavy atom. The molecule has 1 aliphatic rings. The van der Waals surface area contributed by atoms with E-state index in [1.165, 1.54) is 0 Å². The number of benzene rings is 1. The summed E-state index contributed by atoms with van der Waals surface area (Å²) in [5, 5.41) is 10.1. The summed E-state index contributed by atoms with van der Waals surface area (Å²) >= 11 is 0. The van der Waals surface area contributed by atoms with Crippen molar-refractivity contribution in [2.24, 2.45) is 0 Å². The molecule has 1 fully saturated rings. The summed E-state index contributed by atoms with van der Waals surface area (Å²) in [7, 11) is 1.71. The number of piperazine rings is 1. The molecule has 0 spiro atoms. The second kappa shape index (κ2) is 9.75. The van der Waals surface area contributed by atoms with E-state index in [-0.39, 0.29) is 0 Å². The highest BCUT2D eigenvalue weighted by Gasteiger charge is 2.21. The number of hydrogen-bond acceptors (Lipinski definition) is 5. The first-order valence-corrected chi connectivity index (χ1v) is 8.60. The number of unbranched alkanes of at least 4 members (excludes halogenated alkanes) is 1. The second-order valence-electron chi connectivity index (χ2n) is 6.04. The summed E-state index contributed by atoms with van der Waals surface area (Å²) in [6.07, 6.45) is 1.79.